The molecule has 0 radical (unpaired) electrons. The van der Waals surface area contributed by atoms with Crippen LogP contribution in [0.3, 0.4) is 0 Å². The second-order valence-electron chi connectivity index (χ2n) is 5.31. The Bertz CT molecular complexity index is 1110. The van der Waals surface area contributed by atoms with Crippen molar-refractivity contribution in [1.82, 2.24) is 14.1 Å². The Balaban J connectivity index is 2.31. The first-order valence-electron chi connectivity index (χ1n) is 7.03. The summed E-state index contributed by atoms with van der Waals surface area (Å²) in [6.45, 7) is 0. The van der Waals surface area contributed by atoms with E-state index in [0.717, 1.165) is 11.1 Å². The molecule has 0 saturated heterocycles. The van der Waals surface area contributed by atoms with Gasteiger partial charge in [0.15, 0.2) is 5.52 Å². The van der Waals surface area contributed by atoms with E-state index in [1.54, 1.807) is 23.7 Å². The van der Waals surface area contributed by atoms with Crippen LogP contribution in [0.25, 0.3) is 27.6 Å². The first kappa shape index (κ1) is 13.8. The molecule has 0 aliphatic carbocycles. The van der Waals surface area contributed by atoms with Crippen LogP contribution in [0.4, 0.5) is 0 Å². The van der Waals surface area contributed by atoms with Crippen LogP contribution in [-0.2, 0) is 7.05 Å². The second-order valence-corrected chi connectivity index (χ2v) is 5.74. The quantitative estimate of drug-likeness (QED) is 0.584. The van der Waals surface area contributed by atoms with Crippen molar-refractivity contribution in [3.8, 4) is 11.7 Å². The number of hydrogen-bond donors (Lipinski definition) is 1. The number of halogens is 1. The summed E-state index contributed by atoms with van der Waals surface area (Å²) in [5, 5.41) is 11.2. The van der Waals surface area contributed by atoms with Gasteiger partial charge in [-0.2, -0.15) is 4.98 Å². The van der Waals surface area contributed by atoms with E-state index in [1.165, 1.54) is 4.57 Å². The molecule has 5 nitrogen and oxygen atoms in total. The SMILES string of the molecule is Cn1c(O)nc2c(=O)n(-c3ccccc3)c3cc(Cl)ccc3c21. The van der Waals surface area contributed by atoms with Gasteiger partial charge >= 0.3 is 0 Å². The Kier molecular flexibility index (Phi) is 2.92. The maximum absolute atomic E-state index is 13.0. The maximum Gasteiger partial charge on any atom is 0.294 e. The topological polar surface area (TPSA) is 60.0 Å². The molecule has 6 heteroatoms. The largest absolute Gasteiger partial charge is 0.480 e. The number of aromatic nitrogens is 3. The van der Waals surface area contributed by atoms with Crippen molar-refractivity contribution in [2.24, 2.45) is 7.05 Å². The van der Waals surface area contributed by atoms with Crippen LogP contribution in [-0.4, -0.2) is 19.2 Å². The number of aryl methyl sites for hydroxylation is 1. The van der Waals surface area contributed by atoms with Crippen LogP contribution in [0.15, 0.2) is 53.3 Å². The number of aromatic hydroxyl groups is 1. The van der Waals surface area contributed by atoms with Gasteiger partial charge in [0.25, 0.3) is 11.6 Å². The zero-order valence-electron chi connectivity index (χ0n) is 12.2. The molecule has 23 heavy (non-hydrogen) atoms. The first-order chi connectivity index (χ1) is 11.1. The summed E-state index contributed by atoms with van der Waals surface area (Å²) in [6, 6.07) is 14.4. The van der Waals surface area contributed by atoms with Crippen molar-refractivity contribution < 1.29 is 5.11 Å². The van der Waals surface area contributed by atoms with Crippen LogP contribution in [0.2, 0.25) is 5.02 Å². The van der Waals surface area contributed by atoms with Gasteiger partial charge in [-0.05, 0) is 30.3 Å². The molecular weight excluding hydrogens is 314 g/mol. The number of imidazole rings is 1. The fourth-order valence-corrected chi connectivity index (χ4v) is 3.05. The lowest BCUT2D eigenvalue weighted by Gasteiger charge is -2.12. The Morgan fingerprint density at radius 1 is 1.13 bits per heavy atom. The summed E-state index contributed by atoms with van der Waals surface area (Å²) in [6.07, 6.45) is 0. The van der Waals surface area contributed by atoms with Crippen LogP contribution < -0.4 is 5.56 Å². The Hall–Kier alpha value is -2.79. The summed E-state index contributed by atoms with van der Waals surface area (Å²) in [5.74, 6) is 0. The van der Waals surface area contributed by atoms with Gasteiger partial charge in [0, 0.05) is 23.1 Å². The molecule has 0 aliphatic heterocycles. The summed E-state index contributed by atoms with van der Waals surface area (Å²) in [7, 11) is 1.67. The molecule has 0 aliphatic rings. The molecular formula is C17H12ClN3O2. The predicted molar refractivity (Wildman–Crippen MR) is 90.5 cm³/mol. The van der Waals surface area contributed by atoms with Crippen LogP contribution in [0.5, 0.6) is 6.01 Å². The number of nitrogens with zero attached hydrogens (tertiary/aromatic N) is 3. The number of para-hydroxylation sites is 1. The molecule has 0 fully saturated rings. The van der Waals surface area contributed by atoms with E-state index in [4.69, 9.17) is 11.6 Å². The molecule has 0 unspecified atom stereocenters. The molecule has 0 spiro atoms. The molecule has 2 aromatic carbocycles. The van der Waals surface area contributed by atoms with E-state index < -0.39 is 0 Å². The minimum Gasteiger partial charge on any atom is -0.480 e. The summed E-state index contributed by atoms with van der Waals surface area (Å²) < 4.78 is 3.07. The highest BCUT2D eigenvalue weighted by molar-refractivity contribution is 6.31. The third-order valence-electron chi connectivity index (χ3n) is 3.95. The smallest absolute Gasteiger partial charge is 0.294 e. The predicted octanol–water partition coefficient (Wildman–Crippen LogP) is 3.24. The standard InChI is InChI=1S/C17H12ClN3O2/c1-20-15-12-8-7-10(18)9-13(12)21(11-5-3-2-4-6-11)16(22)14(15)19-17(20)23/h2-9H,1H3,(H,19,23). The first-order valence-corrected chi connectivity index (χ1v) is 7.41. The van der Waals surface area contributed by atoms with Crippen molar-refractivity contribution in [2.75, 3.05) is 0 Å². The van der Waals surface area contributed by atoms with E-state index in [1.807, 2.05) is 36.4 Å². The van der Waals surface area contributed by atoms with Gasteiger partial charge in [-0.15, -0.1) is 0 Å². The van der Waals surface area contributed by atoms with Gasteiger partial charge in [0.05, 0.1) is 11.0 Å². The van der Waals surface area contributed by atoms with Gasteiger partial charge in [-0.1, -0.05) is 29.8 Å². The van der Waals surface area contributed by atoms with E-state index in [0.29, 0.717) is 16.1 Å². The molecule has 1 N–H and O–H groups in total. The van der Waals surface area contributed by atoms with Crippen LogP contribution in [0, 0.1) is 0 Å². The van der Waals surface area contributed by atoms with Gasteiger partial charge in [0.2, 0.25) is 0 Å². The zero-order chi connectivity index (χ0) is 16.1. The fourth-order valence-electron chi connectivity index (χ4n) is 2.88. The third-order valence-corrected chi connectivity index (χ3v) is 4.18. The molecule has 0 bridgehead atoms. The average molecular weight is 326 g/mol. The highest BCUT2D eigenvalue weighted by atomic mass is 35.5. The molecule has 2 aromatic heterocycles. The minimum atomic E-state index is -0.295. The third kappa shape index (κ3) is 1.94. The molecule has 4 rings (SSSR count). The van der Waals surface area contributed by atoms with Crippen molar-refractivity contribution in [1.29, 1.82) is 0 Å². The minimum absolute atomic E-state index is 0.195. The maximum atomic E-state index is 13.0. The summed E-state index contributed by atoms with van der Waals surface area (Å²) >= 11 is 6.14. The fraction of sp³-hybridized carbons (Fsp3) is 0.0588. The van der Waals surface area contributed by atoms with Crippen LogP contribution >= 0.6 is 11.6 Å². The van der Waals surface area contributed by atoms with Gasteiger partial charge in [-0.3, -0.25) is 13.9 Å². The normalized spacial score (nSPS) is 11.4. The molecule has 0 amide bonds. The summed E-state index contributed by atoms with van der Waals surface area (Å²) in [5.41, 5.74) is 1.91. The van der Waals surface area contributed by atoms with Crippen molar-refractivity contribution in [3.05, 3.63) is 63.9 Å². The highest BCUT2D eigenvalue weighted by Crippen LogP contribution is 2.28. The lowest BCUT2D eigenvalue weighted by molar-refractivity contribution is 0.415. The highest BCUT2D eigenvalue weighted by Gasteiger charge is 2.18. The van der Waals surface area contributed by atoms with Crippen molar-refractivity contribution >= 4 is 33.5 Å². The van der Waals surface area contributed by atoms with E-state index in [9.17, 15) is 9.90 Å². The van der Waals surface area contributed by atoms with Gasteiger partial charge in [0.1, 0.15) is 0 Å². The van der Waals surface area contributed by atoms with Crippen LogP contribution in [0.1, 0.15) is 0 Å². The zero-order valence-corrected chi connectivity index (χ0v) is 12.9. The number of fused-ring (bicyclic) bond motifs is 3. The molecule has 0 atom stereocenters. The second kappa shape index (κ2) is 4.86. The number of benzene rings is 2. The van der Waals surface area contributed by atoms with E-state index in [2.05, 4.69) is 4.98 Å². The van der Waals surface area contributed by atoms with Crippen molar-refractivity contribution in [3.63, 3.8) is 0 Å². The van der Waals surface area contributed by atoms with E-state index >= 15 is 0 Å². The number of rotatable bonds is 1. The van der Waals surface area contributed by atoms with Gasteiger partial charge < -0.3 is 5.11 Å². The van der Waals surface area contributed by atoms with E-state index in [-0.39, 0.29) is 17.1 Å². The monoisotopic (exact) mass is 325 g/mol. The van der Waals surface area contributed by atoms with Gasteiger partial charge in [-0.25, -0.2) is 0 Å². The molecule has 0 saturated carbocycles. The Morgan fingerprint density at radius 3 is 2.61 bits per heavy atom. The Labute approximate surface area is 136 Å². The summed E-state index contributed by atoms with van der Waals surface area (Å²) in [4.78, 5) is 17.0. The molecule has 2 heterocycles. The number of hydrogen-bond acceptors (Lipinski definition) is 3. The average Bonchev–Trinajstić information content (AvgIpc) is 2.85. The Morgan fingerprint density at radius 2 is 1.87 bits per heavy atom. The lowest BCUT2D eigenvalue weighted by Crippen LogP contribution is -2.19. The molecule has 114 valence electrons. The van der Waals surface area contributed by atoms with Crippen molar-refractivity contribution in [2.45, 2.75) is 0 Å². The lowest BCUT2D eigenvalue weighted by atomic mass is 10.1. The number of pyridine rings is 1. The molecule has 4 aromatic rings.